The lowest BCUT2D eigenvalue weighted by molar-refractivity contribution is -0.120. The fraction of sp³-hybridized carbons (Fsp3) is 0.571. The summed E-state index contributed by atoms with van der Waals surface area (Å²) in [6.07, 6.45) is 4.59. The molecule has 0 saturated heterocycles. The van der Waals surface area contributed by atoms with Crippen molar-refractivity contribution in [3.05, 3.63) is 23.8 Å². The maximum Gasteiger partial charge on any atom is 0.188 e. The molecule has 3 atom stereocenters. The molecular weight excluding hydrogens is 230 g/mol. The van der Waals surface area contributed by atoms with Crippen LogP contribution >= 0.6 is 12.6 Å². The number of nitriles is 1. The van der Waals surface area contributed by atoms with Crippen molar-refractivity contribution >= 4 is 18.4 Å². The van der Waals surface area contributed by atoms with E-state index in [9.17, 15) is 4.79 Å². The summed E-state index contributed by atoms with van der Waals surface area (Å²) in [4.78, 5) is 12.2. The fourth-order valence-corrected chi connectivity index (χ4v) is 3.96. The maximum absolute atomic E-state index is 12.2. The van der Waals surface area contributed by atoms with Gasteiger partial charge in [0.2, 0.25) is 0 Å². The SMILES string of the molecule is C=C1CC[C@H]2C(C)(S)C(=O)C(C#N)=C[C@]2(C)C1. The lowest BCUT2D eigenvalue weighted by atomic mass is 9.57. The third-order valence-electron chi connectivity index (χ3n) is 4.19. The van der Waals surface area contributed by atoms with Crippen LogP contribution < -0.4 is 0 Å². The van der Waals surface area contributed by atoms with Gasteiger partial charge in [-0.05, 0) is 37.5 Å². The average molecular weight is 247 g/mol. The Morgan fingerprint density at radius 3 is 2.82 bits per heavy atom. The van der Waals surface area contributed by atoms with E-state index >= 15 is 0 Å². The zero-order valence-electron chi connectivity index (χ0n) is 10.3. The average Bonchev–Trinajstić information content (AvgIpc) is 2.23. The molecule has 1 fully saturated rings. The topological polar surface area (TPSA) is 40.9 Å². The van der Waals surface area contributed by atoms with Gasteiger partial charge >= 0.3 is 0 Å². The molecule has 1 unspecified atom stereocenters. The van der Waals surface area contributed by atoms with Gasteiger partial charge in [-0.2, -0.15) is 17.9 Å². The summed E-state index contributed by atoms with van der Waals surface area (Å²) < 4.78 is -0.727. The Morgan fingerprint density at radius 1 is 1.59 bits per heavy atom. The predicted octanol–water partition coefficient (Wildman–Crippen LogP) is 3.07. The van der Waals surface area contributed by atoms with Crippen LogP contribution in [0.4, 0.5) is 0 Å². The van der Waals surface area contributed by atoms with E-state index in [0.29, 0.717) is 0 Å². The number of carbonyl (C=O) groups excluding carboxylic acids is 1. The highest BCUT2D eigenvalue weighted by Crippen LogP contribution is 2.54. The van der Waals surface area contributed by atoms with Crippen LogP contribution in [0.5, 0.6) is 0 Å². The first-order valence-corrected chi connectivity index (χ1v) is 6.33. The molecule has 17 heavy (non-hydrogen) atoms. The fourth-order valence-electron chi connectivity index (χ4n) is 3.41. The first-order valence-electron chi connectivity index (χ1n) is 5.88. The molecule has 2 aliphatic rings. The van der Waals surface area contributed by atoms with E-state index in [1.165, 1.54) is 5.57 Å². The number of nitrogens with zero attached hydrogens (tertiary/aromatic N) is 1. The molecule has 1 saturated carbocycles. The zero-order valence-corrected chi connectivity index (χ0v) is 11.2. The van der Waals surface area contributed by atoms with Gasteiger partial charge in [-0.15, -0.1) is 0 Å². The summed E-state index contributed by atoms with van der Waals surface area (Å²) in [5.41, 5.74) is 1.32. The molecule has 0 amide bonds. The molecule has 0 aromatic heterocycles. The van der Waals surface area contributed by atoms with E-state index in [1.807, 2.05) is 19.1 Å². The number of Topliss-reactive ketones (excluding diaryl/α,β-unsaturated/α-hetero) is 1. The largest absolute Gasteiger partial charge is 0.292 e. The molecule has 2 rings (SSSR count). The summed E-state index contributed by atoms with van der Waals surface area (Å²) >= 11 is 4.56. The molecular formula is C14H17NOS. The number of hydrogen-bond donors (Lipinski definition) is 1. The molecule has 0 heterocycles. The normalized spacial score (nSPS) is 41.5. The van der Waals surface area contributed by atoms with Gasteiger partial charge in [-0.25, -0.2) is 0 Å². The lowest BCUT2D eigenvalue weighted by Crippen LogP contribution is -2.51. The minimum Gasteiger partial charge on any atom is -0.292 e. The van der Waals surface area contributed by atoms with Crippen LogP contribution in [0.25, 0.3) is 0 Å². The first kappa shape index (κ1) is 12.4. The number of allylic oxidation sites excluding steroid dienone is 3. The van der Waals surface area contributed by atoms with E-state index in [4.69, 9.17) is 5.26 Å². The highest BCUT2D eigenvalue weighted by atomic mass is 32.1. The molecule has 0 bridgehead atoms. The summed E-state index contributed by atoms with van der Waals surface area (Å²) in [6, 6.07) is 2.02. The Balaban J connectivity index is 2.55. The Bertz CT molecular complexity index is 469. The van der Waals surface area contributed by atoms with Crippen molar-refractivity contribution in [1.82, 2.24) is 0 Å². The van der Waals surface area contributed by atoms with E-state index < -0.39 is 4.75 Å². The lowest BCUT2D eigenvalue weighted by Gasteiger charge is -2.50. The number of carbonyl (C=O) groups is 1. The highest BCUT2D eigenvalue weighted by molar-refractivity contribution is 7.82. The smallest absolute Gasteiger partial charge is 0.188 e. The van der Waals surface area contributed by atoms with Crippen molar-refractivity contribution in [1.29, 1.82) is 5.26 Å². The van der Waals surface area contributed by atoms with E-state index in [0.717, 1.165) is 19.3 Å². The Kier molecular flexibility index (Phi) is 2.74. The zero-order chi connectivity index (χ0) is 12.8. The van der Waals surface area contributed by atoms with E-state index in [1.54, 1.807) is 0 Å². The molecule has 0 aromatic carbocycles. The monoisotopic (exact) mass is 247 g/mol. The molecule has 0 aromatic rings. The van der Waals surface area contributed by atoms with Gasteiger partial charge in [0.05, 0.1) is 10.3 Å². The maximum atomic E-state index is 12.2. The minimum atomic E-state index is -0.727. The van der Waals surface area contributed by atoms with Gasteiger partial charge in [0, 0.05) is 0 Å². The number of rotatable bonds is 0. The Morgan fingerprint density at radius 2 is 2.24 bits per heavy atom. The van der Waals surface area contributed by atoms with Crippen molar-refractivity contribution in [2.75, 3.05) is 0 Å². The van der Waals surface area contributed by atoms with Crippen LogP contribution in [0, 0.1) is 22.7 Å². The molecule has 0 N–H and O–H groups in total. The van der Waals surface area contributed by atoms with Crippen LogP contribution in [-0.2, 0) is 4.79 Å². The molecule has 3 heteroatoms. The second-order valence-corrected chi connectivity index (χ2v) is 6.60. The van der Waals surface area contributed by atoms with Crippen molar-refractivity contribution in [3.8, 4) is 6.07 Å². The predicted molar refractivity (Wildman–Crippen MR) is 70.7 cm³/mol. The van der Waals surface area contributed by atoms with Crippen molar-refractivity contribution in [2.24, 2.45) is 11.3 Å². The summed E-state index contributed by atoms with van der Waals surface area (Å²) in [7, 11) is 0. The molecule has 2 nitrogen and oxygen atoms in total. The second-order valence-electron chi connectivity index (χ2n) is 5.67. The number of ketones is 1. The van der Waals surface area contributed by atoms with Gasteiger partial charge in [0.15, 0.2) is 5.78 Å². The van der Waals surface area contributed by atoms with Crippen molar-refractivity contribution in [2.45, 2.75) is 37.9 Å². The number of thiol groups is 1. The van der Waals surface area contributed by atoms with Crippen LogP contribution in [-0.4, -0.2) is 10.5 Å². The van der Waals surface area contributed by atoms with Crippen LogP contribution in [0.2, 0.25) is 0 Å². The third-order valence-corrected chi connectivity index (χ3v) is 4.71. The van der Waals surface area contributed by atoms with Crippen LogP contribution in [0.15, 0.2) is 23.8 Å². The Hall–Kier alpha value is -1.01. The van der Waals surface area contributed by atoms with E-state index in [-0.39, 0.29) is 22.7 Å². The standard InChI is InChI=1S/C14H17NOS/c1-9-4-5-11-13(2,6-9)7-10(8-15)12(16)14(11,3)17/h7,11,17H,1,4-6H2,2-3H3/t11-,13+,14?/m1/s1. The quantitative estimate of drug-likeness (QED) is 0.528. The highest BCUT2D eigenvalue weighted by Gasteiger charge is 2.53. The molecule has 0 radical (unpaired) electrons. The molecule has 90 valence electrons. The van der Waals surface area contributed by atoms with Crippen molar-refractivity contribution < 1.29 is 4.79 Å². The van der Waals surface area contributed by atoms with Gasteiger partial charge in [0.25, 0.3) is 0 Å². The minimum absolute atomic E-state index is 0.127. The van der Waals surface area contributed by atoms with Crippen LogP contribution in [0.1, 0.15) is 33.1 Å². The van der Waals surface area contributed by atoms with Crippen molar-refractivity contribution in [3.63, 3.8) is 0 Å². The number of hydrogen-bond acceptors (Lipinski definition) is 3. The first-order chi connectivity index (χ1) is 7.81. The summed E-state index contributed by atoms with van der Waals surface area (Å²) in [5.74, 6) is 0.0618. The molecule has 0 aliphatic heterocycles. The molecule has 0 spiro atoms. The van der Waals surface area contributed by atoms with E-state index in [2.05, 4.69) is 26.1 Å². The molecule has 2 aliphatic carbocycles. The number of fused-ring (bicyclic) bond motifs is 1. The van der Waals surface area contributed by atoms with Gasteiger partial charge in [-0.1, -0.05) is 25.2 Å². The summed E-state index contributed by atoms with van der Waals surface area (Å²) in [5, 5.41) is 9.07. The Labute approximate surface area is 108 Å². The van der Waals surface area contributed by atoms with Gasteiger partial charge in [-0.3, -0.25) is 4.79 Å². The van der Waals surface area contributed by atoms with Crippen LogP contribution in [0.3, 0.4) is 0 Å². The summed E-state index contributed by atoms with van der Waals surface area (Å²) in [6.45, 7) is 8.00. The van der Waals surface area contributed by atoms with Gasteiger partial charge in [0.1, 0.15) is 6.07 Å². The van der Waals surface area contributed by atoms with Gasteiger partial charge < -0.3 is 0 Å². The third kappa shape index (κ3) is 1.75. The second kappa shape index (κ2) is 3.74.